The highest BCUT2D eigenvalue weighted by Gasteiger charge is 2.33. The molecule has 2 rings (SSSR count). The van der Waals surface area contributed by atoms with Crippen LogP contribution in [0.1, 0.15) is 38.8 Å². The molecule has 0 radical (unpaired) electrons. The van der Waals surface area contributed by atoms with E-state index in [1.54, 1.807) is 0 Å². The highest BCUT2D eigenvalue weighted by molar-refractivity contribution is 5.72. The van der Waals surface area contributed by atoms with Gasteiger partial charge in [-0.15, -0.1) is 0 Å². The molecule has 0 saturated carbocycles. The second-order valence-electron chi connectivity index (χ2n) is 5.67. The van der Waals surface area contributed by atoms with E-state index in [4.69, 9.17) is 4.74 Å². The minimum Gasteiger partial charge on any atom is -0.466 e. The van der Waals surface area contributed by atoms with Crippen molar-refractivity contribution in [2.45, 2.75) is 33.2 Å². The van der Waals surface area contributed by atoms with E-state index in [9.17, 15) is 4.79 Å². The summed E-state index contributed by atoms with van der Waals surface area (Å²) in [6.45, 7) is 8.62. The first kappa shape index (κ1) is 15.0. The van der Waals surface area contributed by atoms with Crippen molar-refractivity contribution in [3.05, 3.63) is 35.9 Å². The van der Waals surface area contributed by atoms with Crippen LogP contribution in [-0.4, -0.2) is 30.6 Å². The van der Waals surface area contributed by atoms with Crippen LogP contribution in [0.4, 0.5) is 0 Å². The molecular weight excluding hydrogens is 250 g/mol. The topological polar surface area (TPSA) is 29.5 Å². The largest absolute Gasteiger partial charge is 0.466 e. The molecule has 20 heavy (non-hydrogen) atoms. The Morgan fingerprint density at radius 3 is 2.70 bits per heavy atom. The number of esters is 1. The van der Waals surface area contributed by atoms with Crippen LogP contribution >= 0.6 is 0 Å². The van der Waals surface area contributed by atoms with Gasteiger partial charge in [-0.1, -0.05) is 37.3 Å². The van der Waals surface area contributed by atoms with Crippen LogP contribution in [0.15, 0.2) is 30.3 Å². The third-order valence-corrected chi connectivity index (χ3v) is 4.45. The quantitative estimate of drug-likeness (QED) is 0.772. The zero-order chi connectivity index (χ0) is 14.5. The molecule has 0 amide bonds. The van der Waals surface area contributed by atoms with Gasteiger partial charge in [0.05, 0.1) is 12.5 Å². The van der Waals surface area contributed by atoms with Gasteiger partial charge in [-0.2, -0.15) is 0 Å². The number of benzene rings is 1. The number of likely N-dealkylation sites (tertiary alicyclic amines) is 1. The SMILES string of the molecule is CCOC(=O)[C@H](C)[C@@H]1CCN([C@H](C)c2ccccc2)C1. The van der Waals surface area contributed by atoms with Gasteiger partial charge in [-0.3, -0.25) is 9.69 Å². The molecule has 0 aromatic heterocycles. The van der Waals surface area contributed by atoms with Crippen LogP contribution in [0, 0.1) is 11.8 Å². The average molecular weight is 275 g/mol. The Balaban J connectivity index is 1.93. The molecule has 0 aliphatic carbocycles. The molecule has 1 aliphatic rings. The monoisotopic (exact) mass is 275 g/mol. The third kappa shape index (κ3) is 3.40. The van der Waals surface area contributed by atoms with Crippen LogP contribution in [0.3, 0.4) is 0 Å². The van der Waals surface area contributed by atoms with Gasteiger partial charge >= 0.3 is 5.97 Å². The van der Waals surface area contributed by atoms with Crippen molar-refractivity contribution in [2.24, 2.45) is 11.8 Å². The Morgan fingerprint density at radius 1 is 1.35 bits per heavy atom. The van der Waals surface area contributed by atoms with Gasteiger partial charge < -0.3 is 4.74 Å². The summed E-state index contributed by atoms with van der Waals surface area (Å²) in [5.74, 6) is 0.370. The molecule has 1 heterocycles. The maximum Gasteiger partial charge on any atom is 0.308 e. The summed E-state index contributed by atoms with van der Waals surface area (Å²) in [5, 5.41) is 0. The normalized spacial score (nSPS) is 22.4. The first-order valence-corrected chi connectivity index (χ1v) is 7.59. The van der Waals surface area contributed by atoms with Gasteiger partial charge in [0.2, 0.25) is 0 Å². The summed E-state index contributed by atoms with van der Waals surface area (Å²) in [5.41, 5.74) is 1.34. The van der Waals surface area contributed by atoms with Crippen molar-refractivity contribution in [1.29, 1.82) is 0 Å². The van der Waals surface area contributed by atoms with E-state index < -0.39 is 0 Å². The summed E-state index contributed by atoms with van der Waals surface area (Å²) in [4.78, 5) is 14.3. The Hall–Kier alpha value is -1.35. The van der Waals surface area contributed by atoms with Crippen molar-refractivity contribution >= 4 is 5.97 Å². The molecule has 0 bridgehead atoms. The Bertz CT molecular complexity index is 432. The highest BCUT2D eigenvalue weighted by atomic mass is 16.5. The fraction of sp³-hybridized carbons (Fsp3) is 0.588. The van der Waals surface area contributed by atoms with E-state index in [2.05, 4.69) is 36.1 Å². The van der Waals surface area contributed by atoms with Gasteiger partial charge in [0.1, 0.15) is 0 Å². The molecule has 0 unspecified atom stereocenters. The van der Waals surface area contributed by atoms with E-state index in [1.165, 1.54) is 5.56 Å². The van der Waals surface area contributed by atoms with E-state index in [0.717, 1.165) is 19.5 Å². The smallest absolute Gasteiger partial charge is 0.308 e. The first-order valence-electron chi connectivity index (χ1n) is 7.59. The first-order chi connectivity index (χ1) is 9.63. The molecule has 0 N–H and O–H groups in total. The number of carbonyl (C=O) groups is 1. The van der Waals surface area contributed by atoms with E-state index in [-0.39, 0.29) is 11.9 Å². The molecule has 1 aliphatic heterocycles. The lowest BCUT2D eigenvalue weighted by Crippen LogP contribution is -2.28. The number of carbonyl (C=O) groups excluding carboxylic acids is 1. The van der Waals surface area contributed by atoms with E-state index >= 15 is 0 Å². The molecule has 0 spiro atoms. The summed E-state index contributed by atoms with van der Waals surface area (Å²) >= 11 is 0. The van der Waals surface area contributed by atoms with Crippen molar-refractivity contribution in [3.63, 3.8) is 0 Å². The Labute approximate surface area is 121 Å². The van der Waals surface area contributed by atoms with Crippen LogP contribution in [-0.2, 0) is 9.53 Å². The summed E-state index contributed by atoms with van der Waals surface area (Å²) < 4.78 is 5.14. The number of hydrogen-bond acceptors (Lipinski definition) is 3. The predicted octanol–water partition coefficient (Wildman–Crippen LogP) is 3.27. The number of rotatable bonds is 5. The maximum absolute atomic E-state index is 11.8. The van der Waals surface area contributed by atoms with Crippen LogP contribution in [0.25, 0.3) is 0 Å². The Morgan fingerprint density at radius 2 is 2.05 bits per heavy atom. The number of nitrogens with zero attached hydrogens (tertiary/aromatic N) is 1. The van der Waals surface area contributed by atoms with Gasteiger partial charge in [-0.25, -0.2) is 0 Å². The zero-order valence-electron chi connectivity index (χ0n) is 12.7. The van der Waals surface area contributed by atoms with Crippen molar-refractivity contribution in [3.8, 4) is 0 Å². The fourth-order valence-electron chi connectivity index (χ4n) is 2.98. The number of hydrogen-bond donors (Lipinski definition) is 0. The van der Waals surface area contributed by atoms with Crippen LogP contribution in [0.5, 0.6) is 0 Å². The molecule has 1 aromatic rings. The van der Waals surface area contributed by atoms with Crippen molar-refractivity contribution in [1.82, 2.24) is 4.90 Å². The standard InChI is InChI=1S/C17H25NO2/c1-4-20-17(19)13(2)16-10-11-18(12-16)14(3)15-8-6-5-7-9-15/h5-9,13-14,16H,4,10-12H2,1-3H3/t13-,14-,16-/m1/s1. The van der Waals surface area contributed by atoms with Crippen molar-refractivity contribution < 1.29 is 9.53 Å². The molecule has 110 valence electrons. The lowest BCUT2D eigenvalue weighted by molar-refractivity contribution is -0.149. The molecule has 3 nitrogen and oxygen atoms in total. The zero-order valence-corrected chi connectivity index (χ0v) is 12.7. The summed E-state index contributed by atoms with van der Waals surface area (Å²) in [6, 6.07) is 11.0. The molecule has 1 aromatic carbocycles. The lowest BCUT2D eigenvalue weighted by atomic mass is 9.93. The third-order valence-electron chi connectivity index (χ3n) is 4.45. The molecule has 1 fully saturated rings. The summed E-state index contributed by atoms with van der Waals surface area (Å²) in [7, 11) is 0. The number of ether oxygens (including phenoxy) is 1. The molecular formula is C17H25NO2. The maximum atomic E-state index is 11.8. The average Bonchev–Trinajstić information content (AvgIpc) is 2.96. The van der Waals surface area contributed by atoms with Gasteiger partial charge in [-0.05, 0) is 38.3 Å². The predicted molar refractivity (Wildman–Crippen MR) is 80.3 cm³/mol. The molecule has 3 heteroatoms. The molecule has 3 atom stereocenters. The van der Waals surface area contributed by atoms with Crippen molar-refractivity contribution in [2.75, 3.05) is 19.7 Å². The lowest BCUT2D eigenvalue weighted by Gasteiger charge is -2.25. The fourth-order valence-corrected chi connectivity index (χ4v) is 2.98. The minimum absolute atomic E-state index is 0.00271. The van der Waals surface area contributed by atoms with Crippen LogP contribution in [0.2, 0.25) is 0 Å². The Kier molecular flexibility index (Phi) is 5.18. The highest BCUT2D eigenvalue weighted by Crippen LogP contribution is 2.31. The second kappa shape index (κ2) is 6.89. The van der Waals surface area contributed by atoms with E-state index in [1.807, 2.05) is 19.9 Å². The second-order valence-corrected chi connectivity index (χ2v) is 5.67. The van der Waals surface area contributed by atoms with Gasteiger partial charge in [0.25, 0.3) is 0 Å². The van der Waals surface area contributed by atoms with Crippen LogP contribution < -0.4 is 0 Å². The van der Waals surface area contributed by atoms with E-state index in [0.29, 0.717) is 18.6 Å². The van der Waals surface area contributed by atoms with Gasteiger partial charge in [0.15, 0.2) is 0 Å². The summed E-state index contributed by atoms with van der Waals surface area (Å²) in [6.07, 6.45) is 1.08. The minimum atomic E-state index is -0.0493. The van der Waals surface area contributed by atoms with Gasteiger partial charge in [0, 0.05) is 12.6 Å². The molecule has 1 saturated heterocycles.